The number of halogens is 1. The third-order valence-corrected chi connectivity index (χ3v) is 6.16. The quantitative estimate of drug-likeness (QED) is 0.532. The van der Waals surface area contributed by atoms with Gasteiger partial charge in [0.25, 0.3) is 0 Å². The summed E-state index contributed by atoms with van der Waals surface area (Å²) in [7, 11) is 0. The van der Waals surface area contributed by atoms with Gasteiger partial charge >= 0.3 is 0 Å². The van der Waals surface area contributed by atoms with Crippen LogP contribution < -0.4 is 11.5 Å². The van der Waals surface area contributed by atoms with Gasteiger partial charge in [-0.3, -0.25) is 9.78 Å². The molecular formula is C25H27FN4O2. The van der Waals surface area contributed by atoms with Gasteiger partial charge in [-0.2, -0.15) is 0 Å². The molecule has 0 saturated heterocycles. The van der Waals surface area contributed by atoms with Crippen molar-refractivity contribution in [1.82, 2.24) is 9.97 Å². The van der Waals surface area contributed by atoms with Gasteiger partial charge in [0.1, 0.15) is 11.5 Å². The van der Waals surface area contributed by atoms with Crippen LogP contribution in [0.2, 0.25) is 0 Å². The van der Waals surface area contributed by atoms with Crippen LogP contribution in [0.4, 0.5) is 4.39 Å². The number of Topliss-reactive ketones (excluding diaryl/α,β-unsaturated/α-hetero) is 1. The molecule has 2 heterocycles. The Bertz CT molecular complexity index is 1120. The first-order valence-electron chi connectivity index (χ1n) is 10.7. The maximum absolute atomic E-state index is 14.3. The lowest BCUT2D eigenvalue weighted by molar-refractivity contribution is 0.0798. The van der Waals surface area contributed by atoms with Crippen molar-refractivity contribution in [3.05, 3.63) is 83.1 Å². The van der Waals surface area contributed by atoms with Crippen LogP contribution in [0, 0.1) is 12.7 Å². The van der Waals surface area contributed by atoms with Gasteiger partial charge < -0.3 is 16.6 Å². The van der Waals surface area contributed by atoms with Gasteiger partial charge in [0, 0.05) is 36.5 Å². The van der Waals surface area contributed by atoms with Crippen molar-refractivity contribution in [2.75, 3.05) is 0 Å². The first kappa shape index (κ1) is 22.2. The van der Waals surface area contributed by atoms with E-state index in [4.69, 9.17) is 11.5 Å². The summed E-state index contributed by atoms with van der Waals surface area (Å²) in [6.45, 7) is 1.88. The Hall–Kier alpha value is -3.00. The fourth-order valence-corrected chi connectivity index (χ4v) is 4.43. The van der Waals surface area contributed by atoms with E-state index in [0.29, 0.717) is 24.1 Å². The highest BCUT2D eigenvalue weighted by atomic mass is 19.1. The zero-order valence-electron chi connectivity index (χ0n) is 17.9. The van der Waals surface area contributed by atoms with Crippen LogP contribution in [-0.2, 0) is 6.42 Å². The highest BCUT2D eigenvalue weighted by molar-refractivity contribution is 5.96. The fourth-order valence-electron chi connectivity index (χ4n) is 4.43. The minimum Gasteiger partial charge on any atom is -0.390 e. The number of carbonyl (C=O) groups is 1. The summed E-state index contributed by atoms with van der Waals surface area (Å²) in [6.07, 6.45) is 3.91. The number of hydrogen-bond donors (Lipinski definition) is 3. The van der Waals surface area contributed by atoms with E-state index in [0.717, 1.165) is 16.7 Å². The Morgan fingerprint density at radius 2 is 1.91 bits per heavy atom. The van der Waals surface area contributed by atoms with Gasteiger partial charge in [-0.25, -0.2) is 9.37 Å². The lowest BCUT2D eigenvalue weighted by Crippen LogP contribution is -2.52. The molecule has 0 bridgehead atoms. The number of aryl methyl sites for hydroxylation is 1. The number of aromatic nitrogens is 2. The summed E-state index contributed by atoms with van der Waals surface area (Å²) in [6, 6.07) is 10.9. The van der Waals surface area contributed by atoms with Crippen molar-refractivity contribution in [3.63, 3.8) is 0 Å². The number of ketones is 1. The molecule has 1 aliphatic carbocycles. The highest BCUT2D eigenvalue weighted by Gasteiger charge is 2.34. The Balaban J connectivity index is 1.59. The first-order chi connectivity index (χ1) is 15.3. The van der Waals surface area contributed by atoms with Gasteiger partial charge in [0.2, 0.25) is 0 Å². The molecule has 0 amide bonds. The number of pyridine rings is 2. The van der Waals surface area contributed by atoms with Gasteiger partial charge in [-0.1, -0.05) is 17.7 Å². The summed E-state index contributed by atoms with van der Waals surface area (Å²) in [4.78, 5) is 21.7. The average molecular weight is 435 g/mol. The normalized spacial score (nSPS) is 23.2. The number of benzene rings is 1. The number of aliphatic hydroxyl groups excluding tert-OH is 1. The van der Waals surface area contributed by atoms with Crippen molar-refractivity contribution in [2.24, 2.45) is 11.5 Å². The molecule has 166 valence electrons. The lowest BCUT2D eigenvalue weighted by atomic mass is 9.76. The third-order valence-electron chi connectivity index (χ3n) is 6.16. The van der Waals surface area contributed by atoms with E-state index in [2.05, 4.69) is 9.97 Å². The number of aliphatic hydroxyl groups is 1. The molecule has 1 saturated carbocycles. The number of nitrogens with two attached hydrogens (primary N) is 2. The second-order valence-corrected chi connectivity index (χ2v) is 8.55. The van der Waals surface area contributed by atoms with E-state index in [1.54, 1.807) is 42.7 Å². The molecule has 1 fully saturated rings. The van der Waals surface area contributed by atoms with Gasteiger partial charge in [0.15, 0.2) is 5.78 Å². The third kappa shape index (κ3) is 4.60. The summed E-state index contributed by atoms with van der Waals surface area (Å²) < 4.78 is 14.3. The topological polar surface area (TPSA) is 115 Å². The molecule has 4 atom stereocenters. The van der Waals surface area contributed by atoms with Crippen LogP contribution in [0.1, 0.15) is 45.9 Å². The molecule has 3 aromatic rings. The molecule has 2 aromatic heterocycles. The number of carbonyl (C=O) groups excluding carboxylic acids is 1. The van der Waals surface area contributed by atoms with E-state index < -0.39 is 18.2 Å². The van der Waals surface area contributed by atoms with E-state index in [1.165, 1.54) is 6.07 Å². The van der Waals surface area contributed by atoms with Crippen molar-refractivity contribution in [3.8, 4) is 11.3 Å². The maximum atomic E-state index is 14.3. The first-order valence-corrected chi connectivity index (χ1v) is 10.7. The molecule has 0 aliphatic heterocycles. The maximum Gasteiger partial charge on any atom is 0.185 e. The molecule has 7 heteroatoms. The standard InChI is InChI=1S/C25H27FN4O2/c1-14-5-6-19(26)18(9-14)22-3-2-4-23(30-22)24(31)12-16-13-29-8-7-17(16)15-10-20(27)25(32)21(28)11-15/h2-9,13,15,20-21,25,32H,10-12,27-28H2,1H3/t15?,20-,21+,25?. The molecule has 32 heavy (non-hydrogen) atoms. The van der Waals surface area contributed by atoms with E-state index >= 15 is 0 Å². The predicted octanol–water partition coefficient (Wildman–Crippen LogP) is 2.91. The van der Waals surface area contributed by atoms with Crippen LogP contribution >= 0.6 is 0 Å². The lowest BCUT2D eigenvalue weighted by Gasteiger charge is -2.36. The monoisotopic (exact) mass is 434 g/mol. The van der Waals surface area contributed by atoms with Crippen LogP contribution in [0.25, 0.3) is 11.3 Å². The molecule has 1 aromatic carbocycles. The SMILES string of the molecule is Cc1ccc(F)c(-c2cccc(C(=O)Cc3cnccc3C3C[C@@H](N)C(O)[C@@H](N)C3)n2)c1. The molecular weight excluding hydrogens is 407 g/mol. The van der Waals surface area contributed by atoms with Crippen molar-refractivity contribution < 1.29 is 14.3 Å². The zero-order valence-corrected chi connectivity index (χ0v) is 17.9. The van der Waals surface area contributed by atoms with Crippen LogP contribution in [0.3, 0.4) is 0 Å². The molecule has 0 spiro atoms. The summed E-state index contributed by atoms with van der Waals surface area (Å²) in [5.41, 5.74) is 15.9. The Labute approximate surface area is 186 Å². The van der Waals surface area contributed by atoms with Crippen LogP contribution in [0.15, 0.2) is 54.9 Å². The molecule has 2 unspecified atom stereocenters. The highest BCUT2D eigenvalue weighted by Crippen LogP contribution is 2.34. The molecule has 5 N–H and O–H groups in total. The Morgan fingerprint density at radius 3 is 2.66 bits per heavy atom. The van der Waals surface area contributed by atoms with Crippen molar-refractivity contribution in [1.29, 1.82) is 0 Å². The van der Waals surface area contributed by atoms with Gasteiger partial charge in [-0.15, -0.1) is 0 Å². The zero-order chi connectivity index (χ0) is 22.8. The molecule has 6 nitrogen and oxygen atoms in total. The minimum absolute atomic E-state index is 0.0369. The van der Waals surface area contributed by atoms with Crippen LogP contribution in [-0.4, -0.2) is 39.0 Å². The Kier molecular flexibility index (Phi) is 6.41. The molecule has 4 rings (SSSR count). The molecule has 0 radical (unpaired) electrons. The minimum atomic E-state index is -0.730. The number of hydrogen-bond acceptors (Lipinski definition) is 6. The smallest absolute Gasteiger partial charge is 0.185 e. The average Bonchev–Trinajstić information content (AvgIpc) is 2.79. The van der Waals surface area contributed by atoms with E-state index in [9.17, 15) is 14.3 Å². The van der Waals surface area contributed by atoms with Gasteiger partial charge in [0.05, 0.1) is 11.8 Å². The van der Waals surface area contributed by atoms with E-state index in [-0.39, 0.29) is 29.6 Å². The Morgan fingerprint density at radius 1 is 1.16 bits per heavy atom. The van der Waals surface area contributed by atoms with Gasteiger partial charge in [-0.05, 0) is 67.1 Å². The molecule has 1 aliphatic rings. The number of rotatable bonds is 5. The second-order valence-electron chi connectivity index (χ2n) is 8.55. The van der Waals surface area contributed by atoms with E-state index in [1.807, 2.05) is 13.0 Å². The van der Waals surface area contributed by atoms with Crippen molar-refractivity contribution >= 4 is 5.78 Å². The number of nitrogens with zero attached hydrogens (tertiary/aromatic N) is 2. The van der Waals surface area contributed by atoms with Crippen molar-refractivity contribution in [2.45, 2.75) is 50.3 Å². The summed E-state index contributed by atoms with van der Waals surface area (Å²) in [5, 5.41) is 10.1. The fraction of sp³-hybridized carbons (Fsp3) is 0.320. The summed E-state index contributed by atoms with van der Waals surface area (Å²) in [5.74, 6) is -0.525. The van der Waals surface area contributed by atoms with Crippen LogP contribution in [0.5, 0.6) is 0 Å². The largest absolute Gasteiger partial charge is 0.390 e. The second kappa shape index (κ2) is 9.24. The summed E-state index contributed by atoms with van der Waals surface area (Å²) >= 11 is 0. The predicted molar refractivity (Wildman–Crippen MR) is 121 cm³/mol.